The van der Waals surface area contributed by atoms with Crippen LogP contribution in [0.3, 0.4) is 0 Å². The standard InChI is InChI=1S/C33H37NO3Si/c1-38(2,3)26-13-8-10-22(20-26)32(35)23-18-24-11-9-12-25(19-23)34(24)33(36)37-21-31-29-16-6-4-14-27(29)28-15-5-7-17-30(28)31/h4-8,10,13-17,20,23-25,31H,9,11-12,18-19,21H2,1-3H3. The molecule has 6 rings (SSSR count). The molecule has 4 nitrogen and oxygen atoms in total. The Kier molecular flexibility index (Phi) is 6.51. The van der Waals surface area contributed by atoms with Crippen molar-refractivity contribution in [3.8, 4) is 11.1 Å². The third-order valence-corrected chi connectivity index (χ3v) is 10.9. The normalized spacial score (nSPS) is 22.5. The molecule has 0 radical (unpaired) electrons. The van der Waals surface area contributed by atoms with Crippen LogP contribution in [0.2, 0.25) is 19.6 Å². The van der Waals surface area contributed by atoms with Gasteiger partial charge in [-0.25, -0.2) is 4.79 Å². The molecule has 3 aromatic rings. The highest BCUT2D eigenvalue weighted by atomic mass is 28.3. The van der Waals surface area contributed by atoms with Crippen LogP contribution in [-0.4, -0.2) is 43.5 Å². The Hall–Kier alpha value is -3.18. The van der Waals surface area contributed by atoms with E-state index in [0.29, 0.717) is 6.61 Å². The summed E-state index contributed by atoms with van der Waals surface area (Å²) in [7, 11) is -1.50. The molecule has 2 unspecified atom stereocenters. The van der Waals surface area contributed by atoms with E-state index in [4.69, 9.17) is 4.74 Å². The Morgan fingerprint density at radius 3 is 2.05 bits per heavy atom. The van der Waals surface area contributed by atoms with E-state index in [9.17, 15) is 9.59 Å². The van der Waals surface area contributed by atoms with Crippen molar-refractivity contribution in [1.82, 2.24) is 4.90 Å². The second-order valence-electron chi connectivity index (χ2n) is 12.3. The predicted octanol–water partition coefficient (Wildman–Crippen LogP) is 7.00. The van der Waals surface area contributed by atoms with E-state index in [-0.39, 0.29) is 35.8 Å². The zero-order valence-electron chi connectivity index (χ0n) is 22.7. The van der Waals surface area contributed by atoms with Crippen LogP contribution in [0.4, 0.5) is 4.79 Å². The van der Waals surface area contributed by atoms with E-state index < -0.39 is 8.07 Å². The van der Waals surface area contributed by atoms with Crippen LogP contribution < -0.4 is 5.19 Å². The highest BCUT2D eigenvalue weighted by Gasteiger charge is 2.44. The second kappa shape index (κ2) is 9.85. The highest BCUT2D eigenvalue weighted by Crippen LogP contribution is 2.45. The first-order chi connectivity index (χ1) is 18.3. The van der Waals surface area contributed by atoms with Crippen LogP contribution >= 0.6 is 0 Å². The summed E-state index contributed by atoms with van der Waals surface area (Å²) in [5, 5.41) is 1.32. The first-order valence-electron chi connectivity index (χ1n) is 14.1. The molecule has 2 saturated heterocycles. The molecule has 2 fully saturated rings. The molecule has 1 amide bonds. The monoisotopic (exact) mass is 523 g/mol. The summed E-state index contributed by atoms with van der Waals surface area (Å²) in [6, 6.07) is 25.3. The quantitative estimate of drug-likeness (QED) is 0.267. The van der Waals surface area contributed by atoms with Gasteiger partial charge in [-0.1, -0.05) is 97.6 Å². The van der Waals surface area contributed by atoms with Crippen LogP contribution in [0.5, 0.6) is 0 Å². The largest absolute Gasteiger partial charge is 0.448 e. The molecule has 2 bridgehead atoms. The topological polar surface area (TPSA) is 46.6 Å². The summed E-state index contributed by atoms with van der Waals surface area (Å²) >= 11 is 0. The molecule has 0 N–H and O–H groups in total. The smallest absolute Gasteiger partial charge is 0.410 e. The molecule has 196 valence electrons. The molecule has 0 aromatic heterocycles. The molecule has 2 heterocycles. The van der Waals surface area contributed by atoms with Gasteiger partial charge >= 0.3 is 6.09 Å². The lowest BCUT2D eigenvalue weighted by Crippen LogP contribution is -2.56. The van der Waals surface area contributed by atoms with Crippen molar-refractivity contribution in [3.05, 3.63) is 89.5 Å². The Labute approximate surface area is 227 Å². The lowest BCUT2D eigenvalue weighted by Gasteiger charge is -2.47. The number of carbonyl (C=O) groups excluding carboxylic acids is 2. The number of ketones is 1. The summed E-state index contributed by atoms with van der Waals surface area (Å²) in [6.07, 6.45) is 4.24. The minimum atomic E-state index is -1.50. The van der Waals surface area contributed by atoms with Crippen LogP contribution in [-0.2, 0) is 4.74 Å². The Bertz CT molecular complexity index is 1320. The van der Waals surface area contributed by atoms with Crippen LogP contribution in [0.15, 0.2) is 72.8 Å². The lowest BCUT2D eigenvalue weighted by molar-refractivity contribution is 0.00651. The van der Waals surface area contributed by atoms with E-state index in [0.717, 1.165) is 37.7 Å². The highest BCUT2D eigenvalue weighted by molar-refractivity contribution is 6.88. The number of ether oxygens (including phenoxy) is 1. The molecular weight excluding hydrogens is 486 g/mol. The molecule has 2 aliphatic heterocycles. The molecule has 5 heteroatoms. The molecule has 0 saturated carbocycles. The van der Waals surface area contributed by atoms with E-state index >= 15 is 0 Å². The van der Waals surface area contributed by atoms with Gasteiger partial charge in [-0.05, 0) is 54.4 Å². The van der Waals surface area contributed by atoms with Crippen LogP contribution in [0.25, 0.3) is 11.1 Å². The number of piperidine rings is 2. The Morgan fingerprint density at radius 2 is 1.45 bits per heavy atom. The fraction of sp³-hybridized carbons (Fsp3) is 0.394. The summed E-state index contributed by atoms with van der Waals surface area (Å²) in [6.45, 7) is 7.28. The third kappa shape index (κ3) is 4.51. The van der Waals surface area contributed by atoms with Gasteiger partial charge in [0.25, 0.3) is 0 Å². The first kappa shape index (κ1) is 25.1. The minimum Gasteiger partial charge on any atom is -0.448 e. The number of nitrogens with zero attached hydrogens (tertiary/aromatic N) is 1. The van der Waals surface area contributed by atoms with Crippen molar-refractivity contribution in [2.75, 3.05) is 6.61 Å². The molecule has 3 aliphatic rings. The van der Waals surface area contributed by atoms with Gasteiger partial charge in [-0.2, -0.15) is 0 Å². The number of fused-ring (bicyclic) bond motifs is 5. The minimum absolute atomic E-state index is 0.0279. The van der Waals surface area contributed by atoms with Gasteiger partial charge in [0.15, 0.2) is 5.78 Å². The van der Waals surface area contributed by atoms with Gasteiger partial charge < -0.3 is 9.64 Å². The van der Waals surface area contributed by atoms with Crippen molar-refractivity contribution >= 4 is 25.1 Å². The first-order valence-corrected chi connectivity index (χ1v) is 17.6. The number of hydrogen-bond donors (Lipinski definition) is 0. The van der Waals surface area contributed by atoms with Gasteiger partial charge in [-0.3, -0.25) is 4.79 Å². The maximum Gasteiger partial charge on any atom is 0.410 e. The molecule has 3 aromatic carbocycles. The van der Waals surface area contributed by atoms with Crippen LogP contribution in [0, 0.1) is 5.92 Å². The van der Waals surface area contributed by atoms with Gasteiger partial charge in [-0.15, -0.1) is 0 Å². The van der Waals surface area contributed by atoms with Gasteiger partial charge in [0.2, 0.25) is 0 Å². The third-order valence-electron chi connectivity index (χ3n) is 8.91. The van der Waals surface area contributed by atoms with Crippen molar-refractivity contribution in [2.24, 2.45) is 5.92 Å². The van der Waals surface area contributed by atoms with E-state index in [2.05, 4.69) is 80.3 Å². The predicted molar refractivity (Wildman–Crippen MR) is 155 cm³/mol. The van der Waals surface area contributed by atoms with Crippen molar-refractivity contribution in [2.45, 2.75) is 69.7 Å². The van der Waals surface area contributed by atoms with Crippen molar-refractivity contribution < 1.29 is 14.3 Å². The summed E-state index contributed by atoms with van der Waals surface area (Å²) in [4.78, 5) is 29.1. The molecule has 1 aliphatic carbocycles. The number of rotatable bonds is 5. The second-order valence-corrected chi connectivity index (χ2v) is 17.4. The fourth-order valence-electron chi connectivity index (χ4n) is 6.94. The van der Waals surface area contributed by atoms with E-state index in [1.807, 2.05) is 17.0 Å². The zero-order valence-corrected chi connectivity index (χ0v) is 23.7. The van der Waals surface area contributed by atoms with E-state index in [1.54, 1.807) is 0 Å². The molecule has 38 heavy (non-hydrogen) atoms. The lowest BCUT2D eigenvalue weighted by atomic mass is 9.76. The fourth-order valence-corrected chi connectivity index (χ4v) is 8.12. The van der Waals surface area contributed by atoms with Crippen LogP contribution in [0.1, 0.15) is 59.5 Å². The maximum atomic E-state index is 13.6. The molecule has 2 atom stereocenters. The molecule has 0 spiro atoms. The van der Waals surface area contributed by atoms with Crippen molar-refractivity contribution in [1.29, 1.82) is 0 Å². The van der Waals surface area contributed by atoms with Gasteiger partial charge in [0, 0.05) is 29.5 Å². The van der Waals surface area contributed by atoms with E-state index in [1.165, 1.54) is 27.4 Å². The number of hydrogen-bond acceptors (Lipinski definition) is 3. The van der Waals surface area contributed by atoms with Crippen molar-refractivity contribution in [3.63, 3.8) is 0 Å². The van der Waals surface area contributed by atoms with Gasteiger partial charge in [0.05, 0.1) is 8.07 Å². The van der Waals surface area contributed by atoms with Gasteiger partial charge in [0.1, 0.15) is 6.61 Å². The SMILES string of the molecule is C[Si](C)(C)c1cccc(C(=O)C2CC3CCCC(C2)N3C(=O)OCC2c3ccccc3-c3ccccc32)c1. The Balaban J connectivity index is 1.16. The average Bonchev–Trinajstić information content (AvgIpc) is 3.24. The molecular formula is C33H37NO3Si. The number of benzene rings is 3. The average molecular weight is 524 g/mol. The number of amides is 1. The summed E-state index contributed by atoms with van der Waals surface area (Å²) in [5.74, 6) is 0.276. The summed E-state index contributed by atoms with van der Waals surface area (Å²) in [5.41, 5.74) is 5.76. The zero-order chi connectivity index (χ0) is 26.4. The number of Topliss-reactive ketones (excluding diaryl/α,β-unsaturated/α-hetero) is 1. The Morgan fingerprint density at radius 1 is 0.842 bits per heavy atom. The summed E-state index contributed by atoms with van der Waals surface area (Å²) < 4.78 is 6.06. The maximum absolute atomic E-state index is 13.6. The number of carbonyl (C=O) groups is 2.